The Hall–Kier alpha value is -1.57. The molecular weight excluding hydrogens is 234 g/mol. The van der Waals surface area contributed by atoms with Crippen LogP contribution in [-0.2, 0) is 4.79 Å². The summed E-state index contributed by atoms with van der Waals surface area (Å²) in [5.41, 5.74) is 2.26. The highest BCUT2D eigenvalue weighted by Gasteiger charge is 2.14. The largest absolute Gasteiger partial charge is 0.326 e. The summed E-state index contributed by atoms with van der Waals surface area (Å²) in [4.78, 5) is 11.8. The number of benzene rings is 1. The van der Waals surface area contributed by atoms with Crippen molar-refractivity contribution in [1.82, 2.24) is 0 Å². The summed E-state index contributed by atoms with van der Waals surface area (Å²) in [6.45, 7) is 2.17. The minimum atomic E-state index is 0.0707. The molecule has 0 radical (unpaired) electrons. The van der Waals surface area contributed by atoms with E-state index in [1.54, 1.807) is 0 Å². The predicted molar refractivity (Wildman–Crippen MR) is 80.0 cm³/mol. The summed E-state index contributed by atoms with van der Waals surface area (Å²) in [5, 5.41) is 2.92. The van der Waals surface area contributed by atoms with Crippen molar-refractivity contribution in [3.8, 4) is 0 Å². The maximum Gasteiger partial charge on any atom is 0.228 e. The van der Waals surface area contributed by atoms with E-state index in [1.807, 2.05) is 30.3 Å². The minimum absolute atomic E-state index is 0.0707. The Balaban J connectivity index is 1.82. The van der Waals surface area contributed by atoms with Crippen molar-refractivity contribution in [3.05, 3.63) is 42.0 Å². The van der Waals surface area contributed by atoms with E-state index in [4.69, 9.17) is 0 Å². The van der Waals surface area contributed by atoms with Gasteiger partial charge in [-0.25, -0.2) is 0 Å². The van der Waals surface area contributed by atoms with Crippen LogP contribution in [0.1, 0.15) is 45.4 Å². The Labute approximate surface area is 115 Å². The Morgan fingerprint density at radius 2 is 1.89 bits per heavy atom. The number of amides is 1. The van der Waals surface area contributed by atoms with Gasteiger partial charge in [-0.05, 0) is 37.8 Å². The van der Waals surface area contributed by atoms with Gasteiger partial charge in [-0.2, -0.15) is 0 Å². The molecular formula is C17H23NO. The maximum atomic E-state index is 11.8. The summed E-state index contributed by atoms with van der Waals surface area (Å²) >= 11 is 0. The number of hydrogen-bond donors (Lipinski definition) is 1. The molecule has 0 spiro atoms. The van der Waals surface area contributed by atoms with Gasteiger partial charge in [-0.15, -0.1) is 0 Å². The van der Waals surface area contributed by atoms with E-state index < -0.39 is 0 Å². The zero-order chi connectivity index (χ0) is 13.5. The van der Waals surface area contributed by atoms with E-state index in [-0.39, 0.29) is 5.91 Å². The summed E-state index contributed by atoms with van der Waals surface area (Å²) in [6, 6.07) is 9.63. The fourth-order valence-electron chi connectivity index (χ4n) is 2.71. The second-order valence-electron chi connectivity index (χ2n) is 5.40. The molecule has 1 fully saturated rings. The van der Waals surface area contributed by atoms with Crippen LogP contribution in [-0.4, -0.2) is 5.91 Å². The number of rotatable bonds is 4. The summed E-state index contributed by atoms with van der Waals surface area (Å²) in [6.07, 6.45) is 9.23. The highest BCUT2D eigenvalue weighted by Crippen LogP contribution is 2.29. The van der Waals surface area contributed by atoms with Crippen molar-refractivity contribution < 1.29 is 4.79 Å². The number of anilines is 1. The number of nitrogens with one attached hydrogen (secondary N) is 1. The Morgan fingerprint density at radius 3 is 2.58 bits per heavy atom. The van der Waals surface area contributed by atoms with Crippen LogP contribution in [0.25, 0.3) is 0 Å². The van der Waals surface area contributed by atoms with Gasteiger partial charge in [-0.1, -0.05) is 49.1 Å². The molecule has 1 aliphatic rings. The van der Waals surface area contributed by atoms with Crippen LogP contribution >= 0.6 is 0 Å². The first-order valence-electron chi connectivity index (χ1n) is 7.27. The standard InChI is InChI=1S/C17H23NO/c1-14(15-8-4-2-5-9-15)12-13-17(19)18-16-10-6-3-7-11-16/h3,6-7,10-12,15H,2,4-5,8-9,13H2,1H3,(H,18,19)/b14-12-. The first kappa shape index (κ1) is 13.9. The topological polar surface area (TPSA) is 29.1 Å². The molecule has 2 rings (SSSR count). The molecule has 0 saturated heterocycles. The average Bonchev–Trinajstić information content (AvgIpc) is 2.47. The van der Waals surface area contributed by atoms with Gasteiger partial charge in [0.25, 0.3) is 0 Å². The van der Waals surface area contributed by atoms with Gasteiger partial charge in [-0.3, -0.25) is 4.79 Å². The maximum absolute atomic E-state index is 11.8. The lowest BCUT2D eigenvalue weighted by atomic mass is 9.84. The fraction of sp³-hybridized carbons (Fsp3) is 0.471. The molecule has 0 bridgehead atoms. The molecule has 1 N–H and O–H groups in total. The highest BCUT2D eigenvalue weighted by molar-refractivity contribution is 5.91. The van der Waals surface area contributed by atoms with E-state index in [0.717, 1.165) is 5.69 Å². The van der Waals surface area contributed by atoms with Crippen molar-refractivity contribution in [3.63, 3.8) is 0 Å². The molecule has 1 amide bonds. The Morgan fingerprint density at radius 1 is 1.21 bits per heavy atom. The molecule has 0 heterocycles. The second-order valence-corrected chi connectivity index (χ2v) is 5.40. The SMILES string of the molecule is C/C(=C/CC(=O)Nc1ccccc1)C1CCCCC1. The lowest BCUT2D eigenvalue weighted by Gasteiger charge is -2.22. The van der Waals surface area contributed by atoms with Crippen molar-refractivity contribution in [2.75, 3.05) is 5.32 Å². The van der Waals surface area contributed by atoms with E-state index in [1.165, 1.54) is 37.7 Å². The molecule has 2 nitrogen and oxygen atoms in total. The van der Waals surface area contributed by atoms with Crippen molar-refractivity contribution in [2.24, 2.45) is 5.92 Å². The summed E-state index contributed by atoms with van der Waals surface area (Å²) in [7, 11) is 0. The fourth-order valence-corrected chi connectivity index (χ4v) is 2.71. The highest BCUT2D eigenvalue weighted by atomic mass is 16.1. The Kier molecular flexibility index (Phi) is 5.20. The number of para-hydroxylation sites is 1. The second kappa shape index (κ2) is 7.13. The zero-order valence-electron chi connectivity index (χ0n) is 11.7. The van der Waals surface area contributed by atoms with Gasteiger partial charge in [0.15, 0.2) is 0 Å². The van der Waals surface area contributed by atoms with Crippen LogP contribution in [0.15, 0.2) is 42.0 Å². The lowest BCUT2D eigenvalue weighted by molar-refractivity contribution is -0.115. The molecule has 0 aromatic heterocycles. The third kappa shape index (κ3) is 4.55. The minimum Gasteiger partial charge on any atom is -0.326 e. The van der Waals surface area contributed by atoms with Crippen molar-refractivity contribution in [1.29, 1.82) is 0 Å². The van der Waals surface area contributed by atoms with Crippen molar-refractivity contribution >= 4 is 11.6 Å². The molecule has 0 unspecified atom stereocenters. The summed E-state index contributed by atoms with van der Waals surface area (Å²) < 4.78 is 0. The quantitative estimate of drug-likeness (QED) is 0.788. The number of hydrogen-bond acceptors (Lipinski definition) is 1. The molecule has 1 aliphatic carbocycles. The van der Waals surface area contributed by atoms with Gasteiger partial charge >= 0.3 is 0 Å². The molecule has 0 atom stereocenters. The molecule has 1 saturated carbocycles. The number of carbonyl (C=O) groups is 1. The van der Waals surface area contributed by atoms with Crippen molar-refractivity contribution in [2.45, 2.75) is 45.4 Å². The van der Waals surface area contributed by atoms with Crippen LogP contribution in [0.4, 0.5) is 5.69 Å². The van der Waals surface area contributed by atoms with Crippen LogP contribution in [0.2, 0.25) is 0 Å². The number of allylic oxidation sites excluding steroid dienone is 1. The van der Waals surface area contributed by atoms with Gasteiger partial charge in [0, 0.05) is 12.1 Å². The first-order valence-corrected chi connectivity index (χ1v) is 7.27. The van der Waals surface area contributed by atoms with E-state index in [2.05, 4.69) is 18.3 Å². The molecule has 2 heteroatoms. The molecule has 1 aromatic rings. The molecule has 102 valence electrons. The number of carbonyl (C=O) groups excluding carboxylic acids is 1. The van der Waals surface area contributed by atoms with Gasteiger partial charge < -0.3 is 5.32 Å². The Bertz CT molecular complexity index is 430. The molecule has 0 aliphatic heterocycles. The smallest absolute Gasteiger partial charge is 0.228 e. The monoisotopic (exact) mass is 257 g/mol. The van der Waals surface area contributed by atoms with Gasteiger partial charge in [0.05, 0.1) is 0 Å². The zero-order valence-corrected chi connectivity index (χ0v) is 11.7. The normalized spacial score (nSPS) is 17.2. The van der Waals surface area contributed by atoms with Crippen LogP contribution in [0, 0.1) is 5.92 Å². The van der Waals surface area contributed by atoms with E-state index >= 15 is 0 Å². The van der Waals surface area contributed by atoms with Gasteiger partial charge in [0.2, 0.25) is 5.91 Å². The van der Waals surface area contributed by atoms with Crippen LogP contribution in [0.5, 0.6) is 0 Å². The first-order chi connectivity index (χ1) is 9.25. The van der Waals surface area contributed by atoms with E-state index in [0.29, 0.717) is 12.3 Å². The van der Waals surface area contributed by atoms with E-state index in [9.17, 15) is 4.79 Å². The average molecular weight is 257 g/mol. The van der Waals surface area contributed by atoms with Crippen LogP contribution < -0.4 is 5.32 Å². The molecule has 1 aromatic carbocycles. The van der Waals surface area contributed by atoms with Gasteiger partial charge in [0.1, 0.15) is 0 Å². The summed E-state index contributed by atoms with van der Waals surface area (Å²) in [5.74, 6) is 0.777. The third-order valence-corrected chi connectivity index (χ3v) is 3.92. The predicted octanol–water partition coefficient (Wildman–Crippen LogP) is 4.54. The lowest BCUT2D eigenvalue weighted by Crippen LogP contribution is -2.11. The molecule has 19 heavy (non-hydrogen) atoms. The third-order valence-electron chi connectivity index (χ3n) is 3.92. The van der Waals surface area contributed by atoms with Crippen LogP contribution in [0.3, 0.4) is 0 Å².